The Morgan fingerprint density at radius 2 is 1.88 bits per heavy atom. The molecule has 4 rings (SSSR count). The molecule has 1 N–H and O–H groups in total. The normalized spacial score (nSPS) is 24.9. The number of piperazine rings is 1. The molecular formula is C18H25N5O. The molecule has 0 amide bonds. The zero-order valence-corrected chi connectivity index (χ0v) is 14.4. The van der Waals surface area contributed by atoms with Gasteiger partial charge in [-0.25, -0.2) is 9.97 Å². The van der Waals surface area contributed by atoms with Crippen LogP contribution in [-0.2, 0) is 0 Å². The largest absolute Gasteiger partial charge is 0.391 e. The molecule has 2 atom stereocenters. The van der Waals surface area contributed by atoms with Crippen molar-refractivity contribution in [2.24, 2.45) is 0 Å². The van der Waals surface area contributed by atoms with E-state index in [9.17, 15) is 5.11 Å². The molecule has 6 nitrogen and oxygen atoms in total. The van der Waals surface area contributed by atoms with Crippen LogP contribution in [-0.4, -0.2) is 72.4 Å². The molecule has 6 heteroatoms. The second-order valence-corrected chi connectivity index (χ2v) is 7.03. The molecule has 0 bridgehead atoms. The first-order chi connectivity index (χ1) is 11.6. The summed E-state index contributed by atoms with van der Waals surface area (Å²) in [5.74, 6) is 0.957. The lowest BCUT2D eigenvalue weighted by molar-refractivity contribution is -0.0229. The maximum absolute atomic E-state index is 9.87. The van der Waals surface area contributed by atoms with Crippen molar-refractivity contribution in [3.8, 4) is 0 Å². The number of fused-ring (bicyclic) bond motifs is 1. The van der Waals surface area contributed by atoms with Gasteiger partial charge in [-0.15, -0.1) is 0 Å². The van der Waals surface area contributed by atoms with Crippen molar-refractivity contribution in [3.05, 3.63) is 24.5 Å². The minimum Gasteiger partial charge on any atom is -0.391 e. The van der Waals surface area contributed by atoms with Crippen LogP contribution in [0.4, 0.5) is 11.5 Å². The van der Waals surface area contributed by atoms with Gasteiger partial charge in [-0.2, -0.15) is 0 Å². The second kappa shape index (κ2) is 6.18. The van der Waals surface area contributed by atoms with E-state index in [1.165, 1.54) is 5.69 Å². The quantitative estimate of drug-likeness (QED) is 0.918. The number of aromatic nitrogens is 2. The number of anilines is 2. The Morgan fingerprint density at radius 1 is 1.08 bits per heavy atom. The van der Waals surface area contributed by atoms with Crippen LogP contribution >= 0.6 is 0 Å². The van der Waals surface area contributed by atoms with Crippen LogP contribution in [0.5, 0.6) is 0 Å². The monoisotopic (exact) mass is 327 g/mol. The van der Waals surface area contributed by atoms with Crippen molar-refractivity contribution >= 4 is 22.4 Å². The van der Waals surface area contributed by atoms with Gasteiger partial charge in [-0.1, -0.05) is 0 Å². The summed E-state index contributed by atoms with van der Waals surface area (Å²) in [4.78, 5) is 15.7. The van der Waals surface area contributed by atoms with Crippen molar-refractivity contribution < 1.29 is 5.11 Å². The fraction of sp³-hybridized carbons (Fsp3) is 0.556. The average molecular weight is 327 g/mol. The summed E-state index contributed by atoms with van der Waals surface area (Å²) in [5, 5.41) is 11.0. The molecule has 1 aliphatic heterocycles. The van der Waals surface area contributed by atoms with Gasteiger partial charge in [-0.05, 0) is 31.0 Å². The Kier molecular flexibility index (Phi) is 4.02. The molecule has 2 aliphatic rings. The number of nitrogens with zero attached hydrogens (tertiary/aromatic N) is 5. The Labute approximate surface area is 142 Å². The van der Waals surface area contributed by atoms with Crippen molar-refractivity contribution in [2.45, 2.75) is 25.0 Å². The van der Waals surface area contributed by atoms with E-state index in [0.717, 1.165) is 55.7 Å². The summed E-state index contributed by atoms with van der Waals surface area (Å²) in [5.41, 5.74) is 2.21. The molecule has 24 heavy (non-hydrogen) atoms. The minimum atomic E-state index is -0.114. The zero-order chi connectivity index (χ0) is 16.7. The molecule has 2 heterocycles. The molecule has 2 fully saturated rings. The summed E-state index contributed by atoms with van der Waals surface area (Å²) in [6, 6.07) is 6.83. The summed E-state index contributed by atoms with van der Waals surface area (Å²) < 4.78 is 0. The Balaban J connectivity index is 1.53. The van der Waals surface area contributed by atoms with Crippen LogP contribution in [0.15, 0.2) is 24.5 Å². The van der Waals surface area contributed by atoms with Gasteiger partial charge in [0.25, 0.3) is 0 Å². The Morgan fingerprint density at radius 3 is 2.50 bits per heavy atom. The molecule has 1 saturated carbocycles. The third kappa shape index (κ3) is 2.70. The van der Waals surface area contributed by atoms with E-state index in [0.29, 0.717) is 6.04 Å². The van der Waals surface area contributed by atoms with Crippen molar-refractivity contribution in [2.75, 3.05) is 50.1 Å². The summed E-state index contributed by atoms with van der Waals surface area (Å²) >= 11 is 0. The number of aliphatic hydroxyl groups is 1. The molecule has 2 aromatic rings. The van der Waals surface area contributed by atoms with Crippen molar-refractivity contribution in [1.82, 2.24) is 14.9 Å². The third-order valence-electron chi connectivity index (χ3n) is 5.37. The highest BCUT2D eigenvalue weighted by molar-refractivity contribution is 5.91. The predicted octanol–water partition coefficient (Wildman–Crippen LogP) is 1.34. The van der Waals surface area contributed by atoms with Gasteiger partial charge in [0.15, 0.2) is 0 Å². The van der Waals surface area contributed by atoms with E-state index >= 15 is 0 Å². The number of rotatable bonds is 3. The first kappa shape index (κ1) is 15.6. The number of benzene rings is 1. The van der Waals surface area contributed by atoms with Crippen LogP contribution in [0, 0.1) is 0 Å². The number of hydrogen-bond donors (Lipinski definition) is 1. The van der Waals surface area contributed by atoms with Crippen LogP contribution in [0.2, 0.25) is 0 Å². The van der Waals surface area contributed by atoms with E-state index in [2.05, 4.69) is 38.0 Å². The van der Waals surface area contributed by atoms with Crippen LogP contribution in [0.1, 0.15) is 12.8 Å². The predicted molar refractivity (Wildman–Crippen MR) is 96.7 cm³/mol. The molecule has 1 aromatic heterocycles. The molecule has 1 saturated heterocycles. The van der Waals surface area contributed by atoms with E-state index in [1.807, 2.05) is 19.0 Å². The maximum atomic E-state index is 9.87. The van der Waals surface area contributed by atoms with E-state index in [-0.39, 0.29) is 6.10 Å². The molecule has 128 valence electrons. The number of hydrogen-bond acceptors (Lipinski definition) is 6. The lowest BCUT2D eigenvalue weighted by Crippen LogP contribution is -2.57. The molecule has 0 spiro atoms. The van der Waals surface area contributed by atoms with Crippen molar-refractivity contribution in [3.63, 3.8) is 0 Å². The van der Waals surface area contributed by atoms with Gasteiger partial charge in [-0.3, -0.25) is 4.90 Å². The van der Waals surface area contributed by atoms with E-state index in [1.54, 1.807) is 6.33 Å². The fourth-order valence-electron chi connectivity index (χ4n) is 3.79. The molecular weight excluding hydrogens is 302 g/mol. The smallest absolute Gasteiger partial charge is 0.139 e. The van der Waals surface area contributed by atoms with E-state index in [4.69, 9.17) is 0 Å². The SMILES string of the molecule is CN(C)c1ncnc2ccc(N3CCN(C4CCC4O)CC3)cc12. The average Bonchev–Trinajstić information content (AvgIpc) is 2.60. The maximum Gasteiger partial charge on any atom is 0.139 e. The molecule has 1 aliphatic carbocycles. The standard InChI is InChI=1S/C18H25N5O/c1-21(2)18-14-11-13(3-4-15(14)19-12-20-18)22-7-9-23(10-8-22)16-5-6-17(16)24/h3-4,11-12,16-17,24H,5-10H2,1-2H3. The number of aliphatic hydroxyl groups excluding tert-OH is 1. The van der Waals surface area contributed by atoms with E-state index < -0.39 is 0 Å². The highest BCUT2D eigenvalue weighted by Crippen LogP contribution is 2.29. The zero-order valence-electron chi connectivity index (χ0n) is 14.4. The van der Waals surface area contributed by atoms with Gasteiger partial charge in [0.2, 0.25) is 0 Å². The minimum absolute atomic E-state index is 0.114. The van der Waals surface area contributed by atoms with Gasteiger partial charge < -0.3 is 14.9 Å². The first-order valence-electron chi connectivity index (χ1n) is 8.72. The first-order valence-corrected chi connectivity index (χ1v) is 8.72. The highest BCUT2D eigenvalue weighted by Gasteiger charge is 2.35. The summed E-state index contributed by atoms with van der Waals surface area (Å²) in [7, 11) is 4.02. The molecule has 1 aromatic carbocycles. The lowest BCUT2D eigenvalue weighted by Gasteiger charge is -2.46. The highest BCUT2D eigenvalue weighted by atomic mass is 16.3. The molecule has 2 unspecified atom stereocenters. The van der Waals surface area contributed by atoms with Gasteiger partial charge in [0, 0.05) is 57.4 Å². The van der Waals surface area contributed by atoms with Crippen molar-refractivity contribution in [1.29, 1.82) is 0 Å². The van der Waals surface area contributed by atoms with Gasteiger partial charge in [0.1, 0.15) is 12.1 Å². The van der Waals surface area contributed by atoms with Gasteiger partial charge in [0.05, 0.1) is 11.6 Å². The molecule has 0 radical (unpaired) electrons. The van der Waals surface area contributed by atoms with Crippen LogP contribution < -0.4 is 9.80 Å². The topological polar surface area (TPSA) is 55.7 Å². The van der Waals surface area contributed by atoms with Gasteiger partial charge >= 0.3 is 0 Å². The second-order valence-electron chi connectivity index (χ2n) is 7.03. The summed E-state index contributed by atoms with van der Waals surface area (Å²) in [6.07, 6.45) is 3.61. The fourth-order valence-corrected chi connectivity index (χ4v) is 3.79. The van der Waals surface area contributed by atoms with Crippen LogP contribution in [0.25, 0.3) is 10.9 Å². The third-order valence-corrected chi connectivity index (χ3v) is 5.37. The van der Waals surface area contributed by atoms with Crippen LogP contribution in [0.3, 0.4) is 0 Å². The Hall–Kier alpha value is -1.92. The lowest BCUT2D eigenvalue weighted by atomic mass is 9.87. The Bertz CT molecular complexity index is 726. The summed E-state index contributed by atoms with van der Waals surface area (Å²) in [6.45, 7) is 4.04.